The average Bonchev–Trinajstić information content (AvgIpc) is 3.19. The Morgan fingerprint density at radius 3 is 2.59 bits per heavy atom. The molecule has 5 nitrogen and oxygen atoms in total. The molecule has 2 aromatic rings. The van der Waals surface area contributed by atoms with E-state index in [0.717, 1.165) is 30.9 Å². The first-order valence-electron chi connectivity index (χ1n) is 8.34. The van der Waals surface area contributed by atoms with Gasteiger partial charge in [0.2, 0.25) is 0 Å². The topological polar surface area (TPSA) is 46.8 Å². The zero-order chi connectivity index (χ0) is 15.2. The van der Waals surface area contributed by atoms with Crippen LogP contribution < -0.4 is 4.90 Å². The fraction of sp³-hybridized carbons (Fsp3) is 0.588. The Bertz CT molecular complexity index is 678. The van der Waals surface area contributed by atoms with Crippen molar-refractivity contribution < 1.29 is 0 Å². The summed E-state index contributed by atoms with van der Waals surface area (Å²) in [5.41, 5.74) is 4.14. The van der Waals surface area contributed by atoms with Crippen molar-refractivity contribution in [3.8, 4) is 0 Å². The van der Waals surface area contributed by atoms with Crippen molar-refractivity contribution >= 4 is 5.82 Å². The minimum atomic E-state index is 0.671. The Morgan fingerprint density at radius 1 is 1.14 bits per heavy atom. The Labute approximate surface area is 131 Å². The monoisotopic (exact) mass is 297 g/mol. The molecule has 0 radical (unpaired) electrons. The highest BCUT2D eigenvalue weighted by Crippen LogP contribution is 2.53. The molecule has 3 heterocycles. The molecule has 22 heavy (non-hydrogen) atoms. The van der Waals surface area contributed by atoms with E-state index in [0.29, 0.717) is 5.41 Å². The Kier molecular flexibility index (Phi) is 3.17. The number of rotatable bonds is 5. The van der Waals surface area contributed by atoms with Gasteiger partial charge in [-0.25, -0.2) is 9.67 Å². The van der Waals surface area contributed by atoms with Crippen LogP contribution in [0.25, 0.3) is 0 Å². The van der Waals surface area contributed by atoms with Gasteiger partial charge in [-0.05, 0) is 37.3 Å². The predicted octanol–water partition coefficient (Wildman–Crippen LogP) is 2.45. The summed E-state index contributed by atoms with van der Waals surface area (Å²) in [6.07, 6.45) is 6.73. The van der Waals surface area contributed by atoms with E-state index in [-0.39, 0.29) is 0 Å². The van der Waals surface area contributed by atoms with Crippen LogP contribution in [0.1, 0.15) is 43.6 Å². The van der Waals surface area contributed by atoms with Crippen molar-refractivity contribution in [3.63, 3.8) is 0 Å². The molecular formula is C17H23N5. The van der Waals surface area contributed by atoms with Gasteiger partial charge in [-0.2, -0.15) is 0 Å². The molecule has 1 saturated carbocycles. The Morgan fingerprint density at radius 2 is 1.95 bits per heavy atom. The zero-order valence-corrected chi connectivity index (χ0v) is 13.4. The molecular weight excluding hydrogens is 274 g/mol. The van der Waals surface area contributed by atoms with Crippen LogP contribution in [-0.2, 0) is 19.4 Å². The summed E-state index contributed by atoms with van der Waals surface area (Å²) in [5.74, 6) is 1.14. The van der Waals surface area contributed by atoms with Gasteiger partial charge in [0.15, 0.2) is 0 Å². The second-order valence-electron chi connectivity index (χ2n) is 6.75. The summed E-state index contributed by atoms with van der Waals surface area (Å²) in [6, 6.07) is 4.38. The minimum Gasteiger partial charge on any atom is -0.355 e. The van der Waals surface area contributed by atoms with Crippen LogP contribution in [0.4, 0.5) is 5.82 Å². The van der Waals surface area contributed by atoms with E-state index in [2.05, 4.69) is 41.2 Å². The highest BCUT2D eigenvalue weighted by atomic mass is 15.4. The van der Waals surface area contributed by atoms with Gasteiger partial charge in [-0.3, -0.25) is 0 Å². The fourth-order valence-corrected chi connectivity index (χ4v) is 3.32. The van der Waals surface area contributed by atoms with E-state index >= 15 is 0 Å². The number of nitrogens with zero attached hydrogens (tertiary/aromatic N) is 5. The summed E-state index contributed by atoms with van der Waals surface area (Å²) in [7, 11) is 0. The van der Waals surface area contributed by atoms with Crippen LogP contribution >= 0.6 is 0 Å². The van der Waals surface area contributed by atoms with Crippen LogP contribution in [0.2, 0.25) is 0 Å². The summed E-state index contributed by atoms with van der Waals surface area (Å²) in [6.45, 7) is 7.43. The maximum Gasteiger partial charge on any atom is 0.128 e. The normalized spacial score (nSPS) is 18.5. The van der Waals surface area contributed by atoms with Crippen LogP contribution in [0.15, 0.2) is 18.3 Å². The van der Waals surface area contributed by atoms with Crippen LogP contribution in [0.5, 0.6) is 0 Å². The summed E-state index contributed by atoms with van der Waals surface area (Å²) >= 11 is 0. The van der Waals surface area contributed by atoms with Gasteiger partial charge in [0.1, 0.15) is 5.82 Å². The lowest BCUT2D eigenvalue weighted by molar-refractivity contribution is 0.384. The van der Waals surface area contributed by atoms with E-state index in [1.807, 2.05) is 10.9 Å². The van der Waals surface area contributed by atoms with Gasteiger partial charge in [-0.1, -0.05) is 25.1 Å². The summed E-state index contributed by atoms with van der Waals surface area (Å²) in [4.78, 5) is 7.31. The number of aryl methyl sites for hydroxylation is 2. The molecule has 0 N–H and O–H groups in total. The van der Waals surface area contributed by atoms with Gasteiger partial charge in [0.25, 0.3) is 0 Å². The van der Waals surface area contributed by atoms with Crippen LogP contribution in [0.3, 0.4) is 0 Å². The van der Waals surface area contributed by atoms with Crippen molar-refractivity contribution in [1.29, 1.82) is 0 Å². The molecule has 0 aromatic carbocycles. The maximum atomic E-state index is 4.89. The Hall–Kier alpha value is -1.91. The molecule has 1 saturated heterocycles. The lowest BCUT2D eigenvalue weighted by Crippen LogP contribution is -2.48. The fourth-order valence-electron chi connectivity index (χ4n) is 3.32. The second-order valence-corrected chi connectivity index (χ2v) is 6.75. The van der Waals surface area contributed by atoms with E-state index in [1.165, 1.54) is 37.2 Å². The van der Waals surface area contributed by atoms with Gasteiger partial charge in [0.05, 0.1) is 12.2 Å². The third-order valence-corrected chi connectivity index (χ3v) is 5.00. The van der Waals surface area contributed by atoms with E-state index in [4.69, 9.17) is 4.98 Å². The SMILES string of the molecule is CCc1cn(Cc2ccc(N3CC4(CC4)C3)nc2CC)nn1. The molecule has 0 unspecified atom stereocenters. The molecule has 4 rings (SSSR count). The average molecular weight is 297 g/mol. The number of pyridine rings is 1. The highest BCUT2D eigenvalue weighted by molar-refractivity contribution is 5.47. The van der Waals surface area contributed by atoms with E-state index < -0.39 is 0 Å². The first kappa shape index (κ1) is 13.7. The van der Waals surface area contributed by atoms with Crippen molar-refractivity contribution in [2.24, 2.45) is 5.41 Å². The summed E-state index contributed by atoms with van der Waals surface area (Å²) in [5, 5.41) is 8.36. The lowest BCUT2D eigenvalue weighted by atomic mass is 9.97. The molecule has 116 valence electrons. The number of hydrogen-bond acceptors (Lipinski definition) is 4. The molecule has 2 aromatic heterocycles. The number of aromatic nitrogens is 4. The van der Waals surface area contributed by atoms with Crippen LogP contribution in [0, 0.1) is 5.41 Å². The van der Waals surface area contributed by atoms with Gasteiger partial charge in [-0.15, -0.1) is 5.10 Å². The minimum absolute atomic E-state index is 0.671. The molecule has 0 atom stereocenters. The lowest BCUT2D eigenvalue weighted by Gasteiger charge is -2.41. The third kappa shape index (κ3) is 2.38. The standard InChI is InChI=1S/C17H23N5/c1-3-14-10-22(20-19-14)9-13-5-6-16(18-15(13)4-2)21-11-17(12-21)7-8-17/h5-6,10H,3-4,7-9,11-12H2,1-2H3. The molecule has 2 fully saturated rings. The van der Waals surface area contributed by atoms with Gasteiger partial charge >= 0.3 is 0 Å². The van der Waals surface area contributed by atoms with Crippen molar-refractivity contribution in [1.82, 2.24) is 20.0 Å². The van der Waals surface area contributed by atoms with Crippen molar-refractivity contribution in [3.05, 3.63) is 35.3 Å². The first-order valence-corrected chi connectivity index (χ1v) is 8.34. The van der Waals surface area contributed by atoms with Crippen LogP contribution in [-0.4, -0.2) is 33.1 Å². The molecule has 0 amide bonds. The van der Waals surface area contributed by atoms with Gasteiger partial charge in [0, 0.05) is 30.4 Å². The van der Waals surface area contributed by atoms with Gasteiger partial charge < -0.3 is 4.90 Å². The smallest absolute Gasteiger partial charge is 0.128 e. The first-order chi connectivity index (χ1) is 10.7. The second kappa shape index (κ2) is 5.07. The third-order valence-electron chi connectivity index (χ3n) is 5.00. The molecule has 1 aliphatic carbocycles. The zero-order valence-electron chi connectivity index (χ0n) is 13.4. The quantitative estimate of drug-likeness (QED) is 0.850. The maximum absolute atomic E-state index is 4.89. The molecule has 2 aliphatic rings. The largest absolute Gasteiger partial charge is 0.355 e. The molecule has 1 aliphatic heterocycles. The number of hydrogen-bond donors (Lipinski definition) is 0. The highest BCUT2D eigenvalue weighted by Gasteiger charge is 2.52. The number of anilines is 1. The van der Waals surface area contributed by atoms with Crippen molar-refractivity contribution in [2.75, 3.05) is 18.0 Å². The summed E-state index contributed by atoms with van der Waals surface area (Å²) < 4.78 is 1.91. The molecule has 5 heteroatoms. The predicted molar refractivity (Wildman–Crippen MR) is 86.0 cm³/mol. The van der Waals surface area contributed by atoms with E-state index in [1.54, 1.807) is 0 Å². The molecule has 1 spiro atoms. The Balaban J connectivity index is 1.52. The molecule has 0 bridgehead atoms. The van der Waals surface area contributed by atoms with E-state index in [9.17, 15) is 0 Å². The van der Waals surface area contributed by atoms with Crippen molar-refractivity contribution in [2.45, 2.75) is 46.1 Å².